The van der Waals surface area contributed by atoms with Crippen molar-refractivity contribution < 1.29 is 4.74 Å². The Bertz CT molecular complexity index is 830. The zero-order chi connectivity index (χ0) is 18.6. The first-order chi connectivity index (χ1) is 12.4. The fourth-order valence-corrected chi connectivity index (χ4v) is 3.09. The van der Waals surface area contributed by atoms with Gasteiger partial charge in [-0.2, -0.15) is 0 Å². The molecule has 0 amide bonds. The maximum Gasteiger partial charge on any atom is 0.119 e. The molecular weight excluding hydrogens is 342 g/mol. The molecule has 0 fully saturated rings. The molecule has 0 aliphatic carbocycles. The van der Waals surface area contributed by atoms with Gasteiger partial charge in [0, 0.05) is 17.1 Å². The summed E-state index contributed by atoms with van der Waals surface area (Å²) >= 11 is 6.24. The second-order valence-corrected chi connectivity index (χ2v) is 8.26. The lowest BCUT2D eigenvalue weighted by atomic mass is 9.93. The summed E-state index contributed by atoms with van der Waals surface area (Å²) in [7, 11) is 0. The van der Waals surface area contributed by atoms with Crippen LogP contribution in [0.1, 0.15) is 43.9 Å². The Balaban J connectivity index is 1.73. The van der Waals surface area contributed by atoms with Crippen LogP contribution in [0.3, 0.4) is 0 Å². The highest BCUT2D eigenvalue weighted by Gasteiger charge is 2.14. The smallest absolute Gasteiger partial charge is 0.119 e. The number of benzene rings is 2. The third kappa shape index (κ3) is 4.98. The van der Waals surface area contributed by atoms with Crippen LogP contribution in [0.2, 0.25) is 5.02 Å². The molecule has 0 atom stereocenters. The van der Waals surface area contributed by atoms with Gasteiger partial charge in [0.2, 0.25) is 0 Å². The van der Waals surface area contributed by atoms with Crippen LogP contribution < -0.4 is 4.74 Å². The highest BCUT2D eigenvalue weighted by Crippen LogP contribution is 2.25. The van der Waals surface area contributed by atoms with Gasteiger partial charge >= 0.3 is 0 Å². The van der Waals surface area contributed by atoms with Crippen LogP contribution >= 0.6 is 11.6 Å². The number of nitrogens with zero attached hydrogens (tertiary/aromatic N) is 1. The summed E-state index contributed by atoms with van der Waals surface area (Å²) in [6.45, 7) is 8.25. The number of allylic oxidation sites excluding steroid dienone is 1. The lowest BCUT2D eigenvalue weighted by Crippen LogP contribution is -2.13. The number of fused-ring (bicyclic) bond motifs is 1. The molecule has 0 bridgehead atoms. The summed E-state index contributed by atoms with van der Waals surface area (Å²) in [5.74, 6) is 0.948. The summed E-state index contributed by atoms with van der Waals surface area (Å²) < 4.78 is 5.95. The normalized spacial score (nSPS) is 14.2. The van der Waals surface area contributed by atoms with Crippen molar-refractivity contribution in [3.05, 3.63) is 70.3 Å². The highest BCUT2D eigenvalue weighted by atomic mass is 35.5. The first-order valence-corrected chi connectivity index (χ1v) is 9.53. The van der Waals surface area contributed by atoms with Crippen molar-refractivity contribution in [2.45, 2.75) is 33.6 Å². The number of ether oxygens (including phenoxy) is 1. The van der Waals surface area contributed by atoms with E-state index < -0.39 is 0 Å². The molecule has 1 aliphatic heterocycles. The molecule has 2 aromatic carbocycles. The summed E-state index contributed by atoms with van der Waals surface area (Å²) in [4.78, 5) is 4.69. The molecule has 0 saturated heterocycles. The van der Waals surface area contributed by atoms with E-state index in [1.165, 1.54) is 11.1 Å². The minimum atomic E-state index is 0.289. The van der Waals surface area contributed by atoms with Crippen molar-refractivity contribution in [3.8, 4) is 5.75 Å². The average Bonchev–Trinajstić information content (AvgIpc) is 2.60. The van der Waals surface area contributed by atoms with Crippen LogP contribution in [-0.2, 0) is 6.42 Å². The van der Waals surface area contributed by atoms with E-state index >= 15 is 0 Å². The standard InChI is InChI=1S/C23H26ClNO/c1-23(2,3)13-15-26-19-9-10-20-18(16-19)12-14-25-22(20)11-8-17-6-4-5-7-21(17)24/h4-11,16H,12-15H2,1-3H3. The molecular formula is C23H26ClNO. The number of hydrogen-bond acceptors (Lipinski definition) is 2. The van der Waals surface area contributed by atoms with Crippen molar-refractivity contribution in [1.29, 1.82) is 0 Å². The molecule has 0 saturated carbocycles. The Hall–Kier alpha value is -2.06. The van der Waals surface area contributed by atoms with Gasteiger partial charge in [0.15, 0.2) is 0 Å². The van der Waals surface area contributed by atoms with Gasteiger partial charge in [-0.25, -0.2) is 0 Å². The second kappa shape index (κ2) is 8.09. The first kappa shape index (κ1) is 18.7. The van der Waals surface area contributed by atoms with Crippen molar-refractivity contribution >= 4 is 23.4 Å². The Morgan fingerprint density at radius 1 is 1.12 bits per heavy atom. The third-order valence-corrected chi connectivity index (χ3v) is 4.81. The average molecular weight is 368 g/mol. The fourth-order valence-electron chi connectivity index (χ4n) is 2.90. The van der Waals surface area contributed by atoms with Crippen molar-refractivity contribution in [3.63, 3.8) is 0 Å². The maximum absolute atomic E-state index is 6.24. The maximum atomic E-state index is 6.24. The molecule has 0 spiro atoms. The molecule has 0 aromatic heterocycles. The minimum Gasteiger partial charge on any atom is -0.494 e. The zero-order valence-electron chi connectivity index (χ0n) is 15.8. The van der Waals surface area contributed by atoms with E-state index in [2.05, 4.69) is 44.0 Å². The van der Waals surface area contributed by atoms with Gasteiger partial charge in [-0.05, 0) is 59.7 Å². The summed E-state index contributed by atoms with van der Waals surface area (Å²) in [6.07, 6.45) is 6.08. The second-order valence-electron chi connectivity index (χ2n) is 7.85. The van der Waals surface area contributed by atoms with Gasteiger partial charge in [0.25, 0.3) is 0 Å². The monoisotopic (exact) mass is 367 g/mol. The molecule has 0 radical (unpaired) electrons. The zero-order valence-corrected chi connectivity index (χ0v) is 16.5. The summed E-state index contributed by atoms with van der Waals surface area (Å²) in [5, 5.41) is 0.753. The molecule has 0 unspecified atom stereocenters. The molecule has 3 rings (SSSR count). The Morgan fingerprint density at radius 3 is 2.69 bits per heavy atom. The molecule has 2 aromatic rings. The summed E-state index contributed by atoms with van der Waals surface area (Å²) in [6, 6.07) is 14.2. The van der Waals surface area contributed by atoms with Gasteiger partial charge < -0.3 is 4.74 Å². The predicted octanol–water partition coefficient (Wildman–Crippen LogP) is 6.21. The Kier molecular flexibility index (Phi) is 5.83. The van der Waals surface area contributed by atoms with Crippen molar-refractivity contribution in [2.24, 2.45) is 10.4 Å². The van der Waals surface area contributed by atoms with Gasteiger partial charge in [-0.3, -0.25) is 4.99 Å². The number of hydrogen-bond donors (Lipinski definition) is 0. The number of rotatable bonds is 5. The van der Waals surface area contributed by atoms with Crippen LogP contribution in [0.4, 0.5) is 0 Å². The van der Waals surface area contributed by atoms with Gasteiger partial charge in [0.05, 0.1) is 12.3 Å². The van der Waals surface area contributed by atoms with Crippen LogP contribution in [0.5, 0.6) is 5.75 Å². The molecule has 1 heterocycles. The Morgan fingerprint density at radius 2 is 1.92 bits per heavy atom. The highest BCUT2D eigenvalue weighted by molar-refractivity contribution is 6.32. The van der Waals surface area contributed by atoms with Crippen LogP contribution in [0.15, 0.2) is 53.5 Å². The van der Waals surface area contributed by atoms with Gasteiger partial charge in [-0.15, -0.1) is 0 Å². The first-order valence-electron chi connectivity index (χ1n) is 9.15. The van der Waals surface area contributed by atoms with E-state index in [1.807, 2.05) is 36.4 Å². The molecule has 2 nitrogen and oxygen atoms in total. The lowest BCUT2D eigenvalue weighted by Gasteiger charge is -2.19. The van der Waals surface area contributed by atoms with E-state index in [-0.39, 0.29) is 5.41 Å². The van der Waals surface area contributed by atoms with Crippen LogP contribution in [0, 0.1) is 5.41 Å². The summed E-state index contributed by atoms with van der Waals surface area (Å²) in [5.41, 5.74) is 4.78. The van der Waals surface area contributed by atoms with E-state index in [0.717, 1.165) is 48.0 Å². The van der Waals surface area contributed by atoms with Gasteiger partial charge in [0.1, 0.15) is 5.75 Å². The van der Waals surface area contributed by atoms with E-state index in [0.29, 0.717) is 0 Å². The molecule has 136 valence electrons. The number of halogens is 1. The topological polar surface area (TPSA) is 21.6 Å². The SMILES string of the molecule is CC(C)(C)CCOc1ccc2c(c1)CCN=C2C=Cc1ccccc1Cl. The Labute approximate surface area is 161 Å². The van der Waals surface area contributed by atoms with E-state index in [1.54, 1.807) is 0 Å². The van der Waals surface area contributed by atoms with E-state index in [4.69, 9.17) is 16.3 Å². The lowest BCUT2D eigenvalue weighted by molar-refractivity contribution is 0.243. The van der Waals surface area contributed by atoms with E-state index in [9.17, 15) is 0 Å². The molecule has 3 heteroatoms. The van der Waals surface area contributed by atoms with Crippen molar-refractivity contribution in [1.82, 2.24) is 0 Å². The molecule has 26 heavy (non-hydrogen) atoms. The largest absolute Gasteiger partial charge is 0.494 e. The molecule has 0 N–H and O–H groups in total. The fraction of sp³-hybridized carbons (Fsp3) is 0.348. The predicted molar refractivity (Wildman–Crippen MR) is 112 cm³/mol. The molecule has 1 aliphatic rings. The number of aliphatic imine (C=N–C) groups is 1. The van der Waals surface area contributed by atoms with Crippen LogP contribution in [0.25, 0.3) is 6.08 Å². The van der Waals surface area contributed by atoms with Gasteiger partial charge in [-0.1, -0.05) is 56.6 Å². The van der Waals surface area contributed by atoms with Crippen LogP contribution in [-0.4, -0.2) is 18.9 Å². The quantitative estimate of drug-likeness (QED) is 0.615. The van der Waals surface area contributed by atoms with Crippen molar-refractivity contribution in [2.75, 3.05) is 13.2 Å². The third-order valence-electron chi connectivity index (χ3n) is 4.46. The minimum absolute atomic E-state index is 0.289.